The third-order valence-electron chi connectivity index (χ3n) is 5.89. The third-order valence-corrected chi connectivity index (χ3v) is 6.14. The molecule has 7 heteroatoms. The van der Waals surface area contributed by atoms with E-state index in [4.69, 9.17) is 16.6 Å². The Morgan fingerprint density at radius 1 is 1.09 bits per heavy atom. The Hall–Kier alpha value is -2.67. The SMILES string of the molecule is Cc1ccc2c(c1)nc(NC(=O)/C=C/c1ccc(Cl)cc1)n2CCCN1CCN(C)CC1. The van der Waals surface area contributed by atoms with E-state index < -0.39 is 0 Å². The molecule has 3 aromatic rings. The molecule has 0 radical (unpaired) electrons. The van der Waals surface area contributed by atoms with Crippen molar-refractivity contribution >= 4 is 40.6 Å². The lowest BCUT2D eigenvalue weighted by Crippen LogP contribution is -2.44. The maximum Gasteiger partial charge on any atom is 0.250 e. The monoisotopic (exact) mass is 451 g/mol. The summed E-state index contributed by atoms with van der Waals surface area (Å²) in [6.07, 6.45) is 4.31. The van der Waals surface area contributed by atoms with Crippen LogP contribution in [0.2, 0.25) is 5.02 Å². The highest BCUT2D eigenvalue weighted by atomic mass is 35.5. The number of rotatable bonds is 7. The summed E-state index contributed by atoms with van der Waals surface area (Å²) in [7, 11) is 2.17. The smallest absolute Gasteiger partial charge is 0.250 e. The summed E-state index contributed by atoms with van der Waals surface area (Å²) in [5.74, 6) is 0.391. The first kappa shape index (κ1) is 22.5. The highest BCUT2D eigenvalue weighted by molar-refractivity contribution is 6.30. The molecule has 2 heterocycles. The number of anilines is 1. The number of carbonyl (C=O) groups excluding carboxylic acids is 1. The number of nitrogens with zero attached hydrogens (tertiary/aromatic N) is 4. The van der Waals surface area contributed by atoms with Crippen molar-refractivity contribution in [1.29, 1.82) is 0 Å². The quantitative estimate of drug-likeness (QED) is 0.544. The average Bonchev–Trinajstić information content (AvgIpc) is 3.10. The lowest BCUT2D eigenvalue weighted by atomic mass is 10.2. The van der Waals surface area contributed by atoms with E-state index in [-0.39, 0.29) is 5.91 Å². The Balaban J connectivity index is 1.46. The van der Waals surface area contributed by atoms with Crippen LogP contribution in [0.5, 0.6) is 0 Å². The van der Waals surface area contributed by atoms with Crippen molar-refractivity contribution in [3.63, 3.8) is 0 Å². The zero-order chi connectivity index (χ0) is 22.5. The summed E-state index contributed by atoms with van der Waals surface area (Å²) < 4.78 is 2.12. The van der Waals surface area contributed by atoms with Crippen molar-refractivity contribution in [3.05, 3.63) is 64.7 Å². The summed E-state index contributed by atoms with van der Waals surface area (Å²) in [6.45, 7) is 8.37. The van der Waals surface area contributed by atoms with Gasteiger partial charge in [0.2, 0.25) is 5.95 Å². The third kappa shape index (κ3) is 5.76. The zero-order valence-corrected chi connectivity index (χ0v) is 19.5. The number of imidazole rings is 1. The molecule has 0 saturated carbocycles. The number of piperazine rings is 1. The molecule has 1 aliphatic rings. The fourth-order valence-corrected chi connectivity index (χ4v) is 4.11. The molecule has 1 N–H and O–H groups in total. The maximum absolute atomic E-state index is 12.6. The maximum atomic E-state index is 12.6. The minimum Gasteiger partial charge on any atom is -0.310 e. The Morgan fingerprint density at radius 2 is 1.84 bits per heavy atom. The molecule has 1 aromatic heterocycles. The van der Waals surface area contributed by atoms with Crippen molar-refractivity contribution in [3.8, 4) is 0 Å². The molecule has 2 aromatic carbocycles. The number of nitrogens with one attached hydrogen (secondary N) is 1. The van der Waals surface area contributed by atoms with Gasteiger partial charge in [0.05, 0.1) is 11.0 Å². The minimum absolute atomic E-state index is 0.202. The van der Waals surface area contributed by atoms with Gasteiger partial charge in [0.1, 0.15) is 0 Å². The Labute approximate surface area is 194 Å². The average molecular weight is 452 g/mol. The standard InChI is InChI=1S/C25H30ClN5O/c1-19-4-10-23-22(18-19)27-25(28-24(32)11-7-20-5-8-21(26)9-6-20)31(23)13-3-12-30-16-14-29(2)15-17-30/h4-11,18H,3,12-17H2,1-2H3,(H,27,28,32)/b11-7+. The molecular formula is C25H30ClN5O. The lowest BCUT2D eigenvalue weighted by Gasteiger charge is -2.32. The van der Waals surface area contributed by atoms with Crippen molar-refractivity contribution in [2.75, 3.05) is 45.1 Å². The van der Waals surface area contributed by atoms with Gasteiger partial charge >= 0.3 is 0 Å². The lowest BCUT2D eigenvalue weighted by molar-refractivity contribution is -0.111. The van der Waals surface area contributed by atoms with Crippen LogP contribution in [0.15, 0.2) is 48.5 Å². The molecule has 4 rings (SSSR count). The van der Waals surface area contributed by atoms with Gasteiger partial charge in [0, 0.05) is 43.8 Å². The van der Waals surface area contributed by atoms with Crippen molar-refractivity contribution < 1.29 is 4.79 Å². The van der Waals surface area contributed by atoms with Gasteiger partial charge in [-0.2, -0.15) is 0 Å². The molecular weight excluding hydrogens is 422 g/mol. The highest BCUT2D eigenvalue weighted by Crippen LogP contribution is 2.22. The highest BCUT2D eigenvalue weighted by Gasteiger charge is 2.15. The summed E-state index contributed by atoms with van der Waals surface area (Å²) in [4.78, 5) is 22.2. The molecule has 0 bridgehead atoms. The number of likely N-dealkylation sites (N-methyl/N-ethyl adjacent to an activating group) is 1. The van der Waals surface area contributed by atoms with E-state index in [0.717, 1.165) is 67.8 Å². The van der Waals surface area contributed by atoms with E-state index in [2.05, 4.69) is 51.9 Å². The van der Waals surface area contributed by atoms with E-state index >= 15 is 0 Å². The molecule has 1 amide bonds. The summed E-state index contributed by atoms with van der Waals surface area (Å²) in [5, 5.41) is 3.65. The molecule has 0 unspecified atom stereocenters. The van der Waals surface area contributed by atoms with Crippen molar-refractivity contribution in [1.82, 2.24) is 19.4 Å². The fourth-order valence-electron chi connectivity index (χ4n) is 3.98. The number of aromatic nitrogens is 2. The number of halogens is 1. The first-order valence-electron chi connectivity index (χ1n) is 11.1. The predicted octanol–water partition coefficient (Wildman–Crippen LogP) is 4.29. The number of carbonyl (C=O) groups is 1. The Morgan fingerprint density at radius 3 is 2.59 bits per heavy atom. The minimum atomic E-state index is -0.202. The Bertz CT molecular complexity index is 1100. The van der Waals surface area contributed by atoms with Gasteiger partial charge in [-0.25, -0.2) is 4.98 Å². The van der Waals surface area contributed by atoms with Gasteiger partial charge < -0.3 is 14.4 Å². The summed E-state index contributed by atoms with van der Waals surface area (Å²) >= 11 is 5.93. The van der Waals surface area contributed by atoms with Gasteiger partial charge in [-0.15, -0.1) is 0 Å². The number of benzene rings is 2. The molecule has 0 aliphatic carbocycles. The van der Waals surface area contributed by atoms with Crippen LogP contribution in [-0.4, -0.2) is 65.0 Å². The van der Waals surface area contributed by atoms with E-state index in [9.17, 15) is 4.79 Å². The largest absolute Gasteiger partial charge is 0.310 e. The zero-order valence-electron chi connectivity index (χ0n) is 18.7. The van der Waals surface area contributed by atoms with E-state index in [1.807, 2.05) is 12.1 Å². The van der Waals surface area contributed by atoms with Crippen LogP contribution in [-0.2, 0) is 11.3 Å². The molecule has 32 heavy (non-hydrogen) atoms. The fraction of sp³-hybridized carbons (Fsp3) is 0.360. The van der Waals surface area contributed by atoms with Crippen LogP contribution in [0.25, 0.3) is 17.1 Å². The molecule has 0 spiro atoms. The van der Waals surface area contributed by atoms with Crippen molar-refractivity contribution in [2.24, 2.45) is 0 Å². The first-order valence-corrected chi connectivity index (χ1v) is 11.5. The summed E-state index contributed by atoms with van der Waals surface area (Å²) in [6, 6.07) is 13.6. The van der Waals surface area contributed by atoms with E-state index in [1.54, 1.807) is 18.2 Å². The second kappa shape index (κ2) is 10.3. The molecule has 1 aliphatic heterocycles. The van der Waals surface area contributed by atoms with E-state index in [0.29, 0.717) is 11.0 Å². The number of hydrogen-bond acceptors (Lipinski definition) is 4. The summed E-state index contributed by atoms with van der Waals surface area (Å²) in [5.41, 5.74) is 4.02. The van der Waals surface area contributed by atoms with Crippen LogP contribution >= 0.6 is 11.6 Å². The van der Waals surface area contributed by atoms with E-state index in [1.165, 1.54) is 6.08 Å². The predicted molar refractivity (Wildman–Crippen MR) is 132 cm³/mol. The first-order chi connectivity index (χ1) is 15.5. The number of fused-ring (bicyclic) bond motifs is 1. The molecule has 1 fully saturated rings. The number of amides is 1. The van der Waals surface area contributed by atoms with Crippen LogP contribution < -0.4 is 5.32 Å². The van der Waals surface area contributed by atoms with Gasteiger partial charge in [-0.05, 0) is 68.4 Å². The van der Waals surface area contributed by atoms with Gasteiger partial charge in [0.25, 0.3) is 5.91 Å². The molecule has 6 nitrogen and oxygen atoms in total. The number of hydrogen-bond donors (Lipinski definition) is 1. The molecule has 1 saturated heterocycles. The van der Waals surface area contributed by atoms with Crippen molar-refractivity contribution in [2.45, 2.75) is 19.9 Å². The van der Waals surface area contributed by atoms with Crippen LogP contribution in [0.1, 0.15) is 17.5 Å². The second-order valence-corrected chi connectivity index (χ2v) is 8.89. The van der Waals surface area contributed by atoms with Crippen LogP contribution in [0, 0.1) is 6.92 Å². The van der Waals surface area contributed by atoms with Gasteiger partial charge in [-0.1, -0.05) is 29.8 Å². The molecule has 0 atom stereocenters. The van der Waals surface area contributed by atoms with Gasteiger partial charge in [0.15, 0.2) is 0 Å². The number of aryl methyl sites for hydroxylation is 2. The second-order valence-electron chi connectivity index (χ2n) is 8.45. The van der Waals surface area contributed by atoms with Crippen LogP contribution in [0.4, 0.5) is 5.95 Å². The van der Waals surface area contributed by atoms with Gasteiger partial charge in [-0.3, -0.25) is 10.1 Å². The molecule has 168 valence electrons. The van der Waals surface area contributed by atoms with Crippen LogP contribution in [0.3, 0.4) is 0 Å². The topological polar surface area (TPSA) is 53.4 Å². The Kier molecular flexibility index (Phi) is 7.25. The normalized spacial score (nSPS) is 15.6.